The fourth-order valence-corrected chi connectivity index (χ4v) is 5.12. The average Bonchev–Trinajstić information content (AvgIpc) is 3.36. The molecule has 1 aliphatic heterocycles. The molecule has 4 nitrogen and oxygen atoms in total. The molecule has 27 heavy (non-hydrogen) atoms. The second-order valence-electron chi connectivity index (χ2n) is 6.34. The molecule has 3 heterocycles. The number of aromatic nitrogens is 2. The molecule has 0 spiro atoms. The van der Waals surface area contributed by atoms with Gasteiger partial charge < -0.3 is 0 Å². The predicted molar refractivity (Wildman–Crippen MR) is 117 cm³/mol. The first-order valence-electron chi connectivity index (χ1n) is 8.50. The maximum Gasteiger partial charge on any atom is 0.266 e. The third-order valence-corrected chi connectivity index (χ3v) is 6.35. The van der Waals surface area contributed by atoms with Crippen molar-refractivity contribution >= 4 is 51.6 Å². The minimum absolute atomic E-state index is 0.0374. The molecule has 0 saturated carbocycles. The molecule has 1 aliphatic rings. The zero-order valence-electron chi connectivity index (χ0n) is 14.8. The maximum absolute atomic E-state index is 12.8. The summed E-state index contributed by atoms with van der Waals surface area (Å²) in [6, 6.07) is 14.0. The average molecular weight is 412 g/mol. The molecule has 2 aromatic heterocycles. The first-order valence-corrected chi connectivity index (χ1v) is 10.6. The lowest BCUT2D eigenvalue weighted by Gasteiger charge is -2.18. The van der Waals surface area contributed by atoms with Gasteiger partial charge in [0.25, 0.3) is 5.91 Å². The van der Waals surface area contributed by atoms with Crippen LogP contribution >= 0.6 is 35.3 Å². The molecule has 1 amide bonds. The minimum atomic E-state index is -0.0374. The van der Waals surface area contributed by atoms with Crippen LogP contribution in [-0.4, -0.2) is 30.9 Å². The van der Waals surface area contributed by atoms with Crippen molar-refractivity contribution in [1.29, 1.82) is 0 Å². The SMILES string of the molecule is CC(C)N1C(=O)/C(=C\c2cn(-c3ccccc3)nc2-c2cccs2)SC1=S. The van der Waals surface area contributed by atoms with Gasteiger partial charge in [-0.25, -0.2) is 4.68 Å². The molecule has 1 aromatic carbocycles. The molecule has 1 saturated heterocycles. The molecule has 0 bridgehead atoms. The standard InChI is InChI=1S/C20H17N3OS3/c1-13(2)23-19(24)17(27-20(23)25)11-14-12-22(15-7-4-3-5-8-15)21-18(14)16-9-6-10-26-16/h3-13H,1-2H3/b17-11+. The number of carbonyl (C=O) groups is 1. The lowest BCUT2D eigenvalue weighted by atomic mass is 10.2. The number of hydrogen-bond donors (Lipinski definition) is 0. The molecule has 1 fully saturated rings. The maximum atomic E-state index is 12.8. The number of amides is 1. The van der Waals surface area contributed by atoms with Crippen LogP contribution in [0.15, 0.2) is 58.9 Å². The number of thiocarbonyl (C=S) groups is 1. The van der Waals surface area contributed by atoms with Crippen LogP contribution in [0, 0.1) is 0 Å². The number of hydrogen-bond acceptors (Lipinski definition) is 5. The van der Waals surface area contributed by atoms with Crippen molar-refractivity contribution < 1.29 is 4.79 Å². The van der Waals surface area contributed by atoms with Gasteiger partial charge in [0.2, 0.25) is 0 Å². The number of thioether (sulfide) groups is 1. The van der Waals surface area contributed by atoms with E-state index in [1.54, 1.807) is 16.2 Å². The van der Waals surface area contributed by atoms with Crippen LogP contribution in [0.3, 0.4) is 0 Å². The van der Waals surface area contributed by atoms with Crippen molar-refractivity contribution in [2.75, 3.05) is 0 Å². The summed E-state index contributed by atoms with van der Waals surface area (Å²) in [6.45, 7) is 3.94. The molecule has 0 radical (unpaired) electrons. The summed E-state index contributed by atoms with van der Waals surface area (Å²) in [5, 5.41) is 6.81. The molecular formula is C20H17N3OS3. The van der Waals surface area contributed by atoms with Crippen LogP contribution in [0.2, 0.25) is 0 Å². The summed E-state index contributed by atoms with van der Waals surface area (Å²) >= 11 is 8.37. The Balaban J connectivity index is 1.79. The lowest BCUT2D eigenvalue weighted by Crippen LogP contribution is -2.34. The first-order chi connectivity index (χ1) is 13.0. The van der Waals surface area contributed by atoms with Crippen LogP contribution in [0.5, 0.6) is 0 Å². The van der Waals surface area contributed by atoms with E-state index in [2.05, 4.69) is 0 Å². The summed E-state index contributed by atoms with van der Waals surface area (Å²) in [5.74, 6) is -0.0374. The topological polar surface area (TPSA) is 38.1 Å². The second-order valence-corrected chi connectivity index (χ2v) is 8.96. The summed E-state index contributed by atoms with van der Waals surface area (Å²) in [6.07, 6.45) is 3.87. The third-order valence-electron chi connectivity index (χ3n) is 4.14. The van der Waals surface area contributed by atoms with Gasteiger partial charge in [0.15, 0.2) is 0 Å². The van der Waals surface area contributed by atoms with Crippen LogP contribution < -0.4 is 0 Å². The molecule has 0 aliphatic carbocycles. The van der Waals surface area contributed by atoms with E-state index in [1.165, 1.54) is 11.8 Å². The Morgan fingerprint density at radius 1 is 1.15 bits per heavy atom. The fraction of sp³-hybridized carbons (Fsp3) is 0.150. The van der Waals surface area contributed by atoms with Gasteiger partial charge >= 0.3 is 0 Å². The number of thiophene rings is 1. The van der Waals surface area contributed by atoms with Crippen molar-refractivity contribution in [1.82, 2.24) is 14.7 Å². The fourth-order valence-electron chi connectivity index (χ4n) is 2.88. The van der Waals surface area contributed by atoms with Crippen LogP contribution in [-0.2, 0) is 4.79 Å². The van der Waals surface area contributed by atoms with Gasteiger partial charge in [-0.2, -0.15) is 5.10 Å². The lowest BCUT2D eigenvalue weighted by molar-refractivity contribution is -0.123. The van der Waals surface area contributed by atoms with Crippen molar-refractivity contribution in [2.24, 2.45) is 0 Å². The van der Waals surface area contributed by atoms with E-state index in [1.807, 2.05) is 78.6 Å². The van der Waals surface area contributed by atoms with Gasteiger partial charge in [0, 0.05) is 17.8 Å². The van der Waals surface area contributed by atoms with Gasteiger partial charge in [0.05, 0.1) is 15.5 Å². The third kappa shape index (κ3) is 3.50. The Hall–Kier alpha value is -2.22. The van der Waals surface area contributed by atoms with Crippen LogP contribution in [0.1, 0.15) is 19.4 Å². The Morgan fingerprint density at radius 3 is 2.56 bits per heavy atom. The van der Waals surface area contributed by atoms with Crippen LogP contribution in [0.4, 0.5) is 0 Å². The van der Waals surface area contributed by atoms with E-state index < -0.39 is 0 Å². The minimum Gasteiger partial charge on any atom is -0.290 e. The van der Waals surface area contributed by atoms with E-state index in [4.69, 9.17) is 17.3 Å². The van der Waals surface area contributed by atoms with E-state index in [-0.39, 0.29) is 11.9 Å². The second kappa shape index (κ2) is 7.42. The normalized spacial score (nSPS) is 16.1. The van der Waals surface area contributed by atoms with Crippen molar-refractivity contribution in [2.45, 2.75) is 19.9 Å². The Labute approximate surface area is 171 Å². The highest BCUT2D eigenvalue weighted by molar-refractivity contribution is 8.26. The zero-order chi connectivity index (χ0) is 19.0. The Kier molecular flexibility index (Phi) is 4.99. The van der Waals surface area contributed by atoms with Crippen LogP contribution in [0.25, 0.3) is 22.3 Å². The van der Waals surface area contributed by atoms with Gasteiger partial charge in [0.1, 0.15) is 10.0 Å². The number of para-hydroxylation sites is 1. The number of benzene rings is 1. The number of carbonyl (C=O) groups excluding carboxylic acids is 1. The molecule has 0 atom stereocenters. The molecule has 7 heteroatoms. The molecular weight excluding hydrogens is 394 g/mol. The summed E-state index contributed by atoms with van der Waals surface area (Å²) in [4.78, 5) is 16.1. The van der Waals surface area contributed by atoms with Gasteiger partial charge in [-0.05, 0) is 43.5 Å². The highest BCUT2D eigenvalue weighted by Crippen LogP contribution is 2.36. The summed E-state index contributed by atoms with van der Waals surface area (Å²) in [7, 11) is 0. The molecule has 4 rings (SSSR count). The number of rotatable bonds is 4. The zero-order valence-corrected chi connectivity index (χ0v) is 17.3. The smallest absolute Gasteiger partial charge is 0.266 e. The predicted octanol–water partition coefficient (Wildman–Crippen LogP) is 5.21. The van der Waals surface area contributed by atoms with Gasteiger partial charge in [-0.15, -0.1) is 11.3 Å². The highest BCUT2D eigenvalue weighted by Gasteiger charge is 2.34. The summed E-state index contributed by atoms with van der Waals surface area (Å²) in [5.41, 5.74) is 2.75. The molecule has 136 valence electrons. The van der Waals surface area contributed by atoms with Crippen molar-refractivity contribution in [3.8, 4) is 16.3 Å². The van der Waals surface area contributed by atoms with E-state index >= 15 is 0 Å². The Morgan fingerprint density at radius 2 is 1.93 bits per heavy atom. The molecule has 0 unspecified atom stereocenters. The molecule has 0 N–H and O–H groups in total. The summed E-state index contributed by atoms with van der Waals surface area (Å²) < 4.78 is 2.46. The van der Waals surface area contributed by atoms with Gasteiger partial charge in [-0.3, -0.25) is 9.69 Å². The van der Waals surface area contributed by atoms with E-state index in [0.29, 0.717) is 9.23 Å². The molecule has 3 aromatic rings. The van der Waals surface area contributed by atoms with Crippen molar-refractivity contribution in [3.05, 3.63) is 64.5 Å². The quantitative estimate of drug-likeness (QED) is 0.436. The monoisotopic (exact) mass is 411 g/mol. The number of nitrogens with zero attached hydrogens (tertiary/aromatic N) is 3. The van der Waals surface area contributed by atoms with E-state index in [9.17, 15) is 4.79 Å². The largest absolute Gasteiger partial charge is 0.290 e. The van der Waals surface area contributed by atoms with E-state index in [0.717, 1.165) is 21.8 Å². The Bertz CT molecular complexity index is 1020. The van der Waals surface area contributed by atoms with Gasteiger partial charge in [-0.1, -0.05) is 48.2 Å². The highest BCUT2D eigenvalue weighted by atomic mass is 32.2. The van der Waals surface area contributed by atoms with Crippen molar-refractivity contribution in [3.63, 3.8) is 0 Å². The first kappa shape index (κ1) is 18.2.